The minimum absolute atomic E-state index is 0.326. The second kappa shape index (κ2) is 4.66. The van der Waals surface area contributed by atoms with Crippen LogP contribution in [0.1, 0.15) is 28.9 Å². The van der Waals surface area contributed by atoms with Gasteiger partial charge in [-0.2, -0.15) is 16.8 Å². The molecule has 0 heterocycles. The van der Waals surface area contributed by atoms with Crippen molar-refractivity contribution in [3.05, 3.63) is 39.8 Å². The highest BCUT2D eigenvalue weighted by Crippen LogP contribution is 2.43. The molecule has 2 unspecified atom stereocenters. The summed E-state index contributed by atoms with van der Waals surface area (Å²) in [6, 6.07) is 4.83. The van der Waals surface area contributed by atoms with E-state index < -0.39 is 36.3 Å². The minimum Gasteiger partial charge on any atom is -0.285 e. The Balaban J connectivity index is 2.81. The van der Waals surface area contributed by atoms with E-state index in [4.69, 9.17) is 0 Å². The molecule has 6 nitrogen and oxygen atoms in total. The van der Waals surface area contributed by atoms with Gasteiger partial charge in [0.1, 0.15) is 5.25 Å². The highest BCUT2D eigenvalue weighted by Gasteiger charge is 2.41. The molecule has 1 aromatic rings. The summed E-state index contributed by atoms with van der Waals surface area (Å²) in [5.41, 5.74) is 1.46. The van der Waals surface area contributed by atoms with Gasteiger partial charge in [0.2, 0.25) is 0 Å². The zero-order valence-corrected chi connectivity index (χ0v) is 12.4. The van der Waals surface area contributed by atoms with E-state index >= 15 is 0 Å². The Morgan fingerprint density at radius 3 is 2.20 bits per heavy atom. The number of hydrogen-bond acceptors (Lipinski definition) is 4. The molecule has 8 heteroatoms. The van der Waals surface area contributed by atoms with Gasteiger partial charge < -0.3 is 0 Å². The molecule has 1 aliphatic carbocycles. The van der Waals surface area contributed by atoms with E-state index in [1.165, 1.54) is 13.0 Å². The SMILES string of the molecule is Cc1ccc2c(c1)C(S(=O)(=O)O)C(C)C(S(=O)(=O)O)=C2. The lowest BCUT2D eigenvalue weighted by atomic mass is 9.89. The number of hydrogen-bond donors (Lipinski definition) is 2. The second-order valence-corrected chi connectivity index (χ2v) is 7.84. The largest absolute Gasteiger partial charge is 0.290 e. The summed E-state index contributed by atoms with van der Waals surface area (Å²) in [6.45, 7) is 3.09. The molecule has 0 saturated carbocycles. The summed E-state index contributed by atoms with van der Waals surface area (Å²) >= 11 is 0. The van der Waals surface area contributed by atoms with Crippen molar-refractivity contribution in [3.8, 4) is 0 Å². The summed E-state index contributed by atoms with van der Waals surface area (Å²) in [4.78, 5) is -0.420. The quantitative estimate of drug-likeness (QED) is 0.805. The molecule has 1 aliphatic rings. The molecule has 2 N–H and O–H groups in total. The number of rotatable bonds is 2. The van der Waals surface area contributed by atoms with Crippen LogP contribution in [0.5, 0.6) is 0 Å². The maximum Gasteiger partial charge on any atom is 0.290 e. The Bertz CT molecular complexity index is 789. The van der Waals surface area contributed by atoms with Gasteiger partial charge in [-0.25, -0.2) is 0 Å². The van der Waals surface area contributed by atoms with Crippen molar-refractivity contribution in [3.63, 3.8) is 0 Å². The van der Waals surface area contributed by atoms with Gasteiger partial charge in [0.25, 0.3) is 20.2 Å². The van der Waals surface area contributed by atoms with Gasteiger partial charge in [-0.15, -0.1) is 0 Å². The summed E-state index contributed by atoms with van der Waals surface area (Å²) in [5, 5.41) is -1.42. The van der Waals surface area contributed by atoms with Crippen LogP contribution < -0.4 is 0 Å². The lowest BCUT2D eigenvalue weighted by Crippen LogP contribution is -2.27. The molecule has 110 valence electrons. The van der Waals surface area contributed by atoms with Crippen LogP contribution in [-0.4, -0.2) is 25.9 Å². The van der Waals surface area contributed by atoms with Crippen LogP contribution in [0, 0.1) is 12.8 Å². The number of allylic oxidation sites excluding steroid dienone is 1. The van der Waals surface area contributed by atoms with Gasteiger partial charge in [-0.1, -0.05) is 30.7 Å². The van der Waals surface area contributed by atoms with Crippen LogP contribution in [0.4, 0.5) is 0 Å². The average Bonchev–Trinajstić information content (AvgIpc) is 2.24. The molecular weight excluding hydrogens is 304 g/mol. The topological polar surface area (TPSA) is 109 Å². The maximum absolute atomic E-state index is 11.6. The first kappa shape index (κ1) is 15.2. The van der Waals surface area contributed by atoms with Crippen molar-refractivity contribution in [2.24, 2.45) is 5.92 Å². The zero-order valence-electron chi connectivity index (χ0n) is 10.8. The Hall–Kier alpha value is -1.22. The van der Waals surface area contributed by atoms with Crippen LogP contribution >= 0.6 is 0 Å². The van der Waals surface area contributed by atoms with Crippen molar-refractivity contribution < 1.29 is 25.9 Å². The number of fused-ring (bicyclic) bond motifs is 1. The lowest BCUT2D eigenvalue weighted by Gasteiger charge is -2.28. The van der Waals surface area contributed by atoms with Crippen LogP contribution in [0.3, 0.4) is 0 Å². The lowest BCUT2D eigenvalue weighted by molar-refractivity contribution is 0.447. The molecule has 0 bridgehead atoms. The van der Waals surface area contributed by atoms with Crippen LogP contribution in [-0.2, 0) is 20.2 Å². The highest BCUT2D eigenvalue weighted by molar-refractivity contribution is 7.90. The van der Waals surface area contributed by atoms with E-state index in [0.29, 0.717) is 11.1 Å². The van der Waals surface area contributed by atoms with Gasteiger partial charge in [-0.3, -0.25) is 9.11 Å². The third-order valence-electron chi connectivity index (χ3n) is 3.37. The van der Waals surface area contributed by atoms with Crippen molar-refractivity contribution in [2.75, 3.05) is 0 Å². The normalized spacial score (nSPS) is 23.1. The van der Waals surface area contributed by atoms with E-state index in [1.54, 1.807) is 25.1 Å². The monoisotopic (exact) mass is 318 g/mol. The minimum atomic E-state index is -4.54. The fourth-order valence-corrected chi connectivity index (χ4v) is 4.66. The Labute approximate surface area is 117 Å². The van der Waals surface area contributed by atoms with E-state index in [9.17, 15) is 25.9 Å². The van der Waals surface area contributed by atoms with Crippen molar-refractivity contribution in [1.29, 1.82) is 0 Å². The zero-order chi connectivity index (χ0) is 15.3. The molecule has 0 fully saturated rings. The van der Waals surface area contributed by atoms with Gasteiger partial charge in [0.05, 0.1) is 4.91 Å². The summed E-state index contributed by atoms with van der Waals surface area (Å²) in [5.74, 6) is -1.07. The predicted octanol–water partition coefficient (Wildman–Crippen LogP) is 1.80. The second-order valence-electron chi connectivity index (χ2n) is 4.88. The van der Waals surface area contributed by atoms with Crippen molar-refractivity contribution in [2.45, 2.75) is 19.1 Å². The molecule has 1 aromatic carbocycles. The molecular formula is C12H14O6S2. The van der Waals surface area contributed by atoms with Gasteiger partial charge >= 0.3 is 0 Å². The molecule has 0 spiro atoms. The van der Waals surface area contributed by atoms with E-state index in [-0.39, 0.29) is 0 Å². The first-order valence-corrected chi connectivity index (χ1v) is 8.72. The summed E-state index contributed by atoms with van der Waals surface area (Å²) < 4.78 is 64.5. The van der Waals surface area contributed by atoms with Crippen LogP contribution in [0.25, 0.3) is 6.08 Å². The van der Waals surface area contributed by atoms with Crippen molar-refractivity contribution >= 4 is 26.3 Å². The third-order valence-corrected chi connectivity index (χ3v) is 5.76. The van der Waals surface area contributed by atoms with E-state index in [2.05, 4.69) is 0 Å². The molecule has 0 radical (unpaired) electrons. The maximum atomic E-state index is 11.6. The first-order chi connectivity index (χ1) is 9.01. The number of benzene rings is 1. The molecule has 2 atom stereocenters. The standard InChI is InChI=1S/C12H14O6S2/c1-7-3-4-9-6-11(19(13,14)15)8(2)12(10(9)5-7)20(16,17)18/h3-6,8,12H,1-2H3,(H,13,14,15)(H,16,17,18). The first-order valence-electron chi connectivity index (χ1n) is 5.78. The molecule has 0 amide bonds. The van der Waals surface area contributed by atoms with Crippen molar-refractivity contribution in [1.82, 2.24) is 0 Å². The fraction of sp³-hybridized carbons (Fsp3) is 0.333. The van der Waals surface area contributed by atoms with Gasteiger partial charge in [-0.05, 0) is 24.1 Å². The molecule has 2 rings (SSSR count). The smallest absolute Gasteiger partial charge is 0.285 e. The fourth-order valence-electron chi connectivity index (χ4n) is 2.50. The Morgan fingerprint density at radius 1 is 1.10 bits per heavy atom. The average molecular weight is 318 g/mol. The van der Waals surface area contributed by atoms with E-state index in [1.807, 2.05) is 0 Å². The number of aryl methyl sites for hydroxylation is 1. The third kappa shape index (κ3) is 2.64. The van der Waals surface area contributed by atoms with Crippen LogP contribution in [0.2, 0.25) is 0 Å². The van der Waals surface area contributed by atoms with E-state index in [0.717, 1.165) is 5.56 Å². The molecule has 0 aliphatic heterocycles. The highest BCUT2D eigenvalue weighted by atomic mass is 32.2. The van der Waals surface area contributed by atoms with Gasteiger partial charge in [0.15, 0.2) is 0 Å². The Morgan fingerprint density at radius 2 is 1.70 bits per heavy atom. The molecule has 0 aromatic heterocycles. The van der Waals surface area contributed by atoms with Gasteiger partial charge in [0, 0.05) is 5.92 Å². The predicted molar refractivity (Wildman–Crippen MR) is 74.2 cm³/mol. The molecule has 0 saturated heterocycles. The summed E-state index contributed by atoms with van der Waals surface area (Å²) in [6.07, 6.45) is 1.23. The molecule has 20 heavy (non-hydrogen) atoms. The van der Waals surface area contributed by atoms with Crippen LogP contribution in [0.15, 0.2) is 23.1 Å². The Kier molecular flexibility index (Phi) is 3.53. The summed E-state index contributed by atoms with van der Waals surface area (Å²) in [7, 11) is -9.05.